The van der Waals surface area contributed by atoms with Crippen molar-refractivity contribution in [3.05, 3.63) is 136 Å². The van der Waals surface area contributed by atoms with Crippen LogP contribution in [-0.2, 0) is 12.8 Å². The van der Waals surface area contributed by atoms with Crippen LogP contribution in [-0.4, -0.2) is 0 Å². The van der Waals surface area contributed by atoms with Gasteiger partial charge in [-0.2, -0.15) is 0 Å². The molecule has 0 fully saturated rings. The summed E-state index contributed by atoms with van der Waals surface area (Å²) in [5.74, 6) is 11.1. The van der Waals surface area contributed by atoms with E-state index in [1.807, 2.05) is 12.1 Å². The van der Waals surface area contributed by atoms with E-state index < -0.39 is 0 Å². The summed E-state index contributed by atoms with van der Waals surface area (Å²) >= 11 is 12.6. The molecule has 264 valence electrons. The molecule has 0 atom stereocenters. The molecule has 0 aliphatic heterocycles. The van der Waals surface area contributed by atoms with E-state index in [2.05, 4.69) is 87.4 Å². The van der Waals surface area contributed by atoms with Crippen LogP contribution in [0.1, 0.15) is 99.3 Å². The van der Waals surface area contributed by atoms with Crippen molar-refractivity contribution in [2.24, 2.45) is 0 Å². The van der Waals surface area contributed by atoms with Gasteiger partial charge in [0.15, 0.2) is 0 Å². The summed E-state index contributed by atoms with van der Waals surface area (Å²) in [4.78, 5) is 0. The number of halogens is 8. The van der Waals surface area contributed by atoms with Gasteiger partial charge < -0.3 is 0 Å². The molecule has 0 unspecified atom stereocenters. The van der Waals surface area contributed by atoms with Crippen molar-refractivity contribution in [3.8, 4) is 23.7 Å². The lowest BCUT2D eigenvalue weighted by Gasteiger charge is -2.05. The first kappa shape index (κ1) is 42.1. The van der Waals surface area contributed by atoms with Crippen LogP contribution >= 0.6 is 63.7 Å². The van der Waals surface area contributed by atoms with E-state index in [0.717, 1.165) is 68.9 Å². The van der Waals surface area contributed by atoms with E-state index in [1.54, 1.807) is 48.5 Å². The molecule has 0 radical (unpaired) electrons. The highest BCUT2D eigenvalue weighted by molar-refractivity contribution is 9.11. The maximum absolute atomic E-state index is 13.4. The van der Waals surface area contributed by atoms with E-state index in [1.165, 1.54) is 44.2 Å². The fraction of sp³-hybridized carbons (Fsp3) is 0.333. The molecule has 0 bridgehead atoms. The molecule has 0 nitrogen and oxygen atoms in total. The van der Waals surface area contributed by atoms with Crippen LogP contribution in [0.2, 0.25) is 0 Å². The molecule has 0 heterocycles. The predicted molar refractivity (Wildman–Crippen MR) is 213 cm³/mol. The summed E-state index contributed by atoms with van der Waals surface area (Å²) in [5.41, 5.74) is 3.52. The Bertz CT molecular complexity index is 1650. The topological polar surface area (TPSA) is 0 Å². The van der Waals surface area contributed by atoms with E-state index >= 15 is 0 Å². The normalized spacial score (nSPS) is 10.4. The molecule has 0 aliphatic rings. The highest BCUT2D eigenvalue weighted by Crippen LogP contribution is 2.21. The van der Waals surface area contributed by atoms with Gasteiger partial charge in [0.05, 0.1) is 17.9 Å². The maximum Gasteiger partial charge on any atom is 0.138 e. The molecule has 4 aromatic rings. The van der Waals surface area contributed by atoms with Crippen LogP contribution in [0.3, 0.4) is 0 Å². The fourth-order valence-corrected chi connectivity index (χ4v) is 6.00. The molecule has 0 N–H and O–H groups in total. The average molecular weight is 940 g/mol. The molecule has 0 aliphatic carbocycles. The lowest BCUT2D eigenvalue weighted by Crippen LogP contribution is -1.90. The van der Waals surface area contributed by atoms with Gasteiger partial charge in [0.25, 0.3) is 0 Å². The van der Waals surface area contributed by atoms with Gasteiger partial charge in [-0.25, -0.2) is 17.6 Å². The smallest absolute Gasteiger partial charge is 0.138 e. The number of hydrogen-bond acceptors (Lipinski definition) is 0. The molecular weight excluding hydrogens is 900 g/mol. The Balaban J connectivity index is 0.000000270. The molecular formula is C42H40Br4F4. The number of hydrogen-bond donors (Lipinski definition) is 0. The Hall–Kier alpha value is -2.36. The standard InChI is InChI=1S/C21H24Br2F2.C21H16Br2F2/c2*22-18-12-10-16(14-20(18)24)8-6-4-2-1-3-5-7-9-17-11-13-19(23)21(25)15-17/h10-15H,1-9H2;10-15H,1-5H2. The zero-order valence-electron chi connectivity index (χ0n) is 27.9. The third-order valence-electron chi connectivity index (χ3n) is 7.81. The van der Waals surface area contributed by atoms with Crippen LogP contribution in [0.4, 0.5) is 17.6 Å². The Morgan fingerprint density at radius 3 is 1.06 bits per heavy atom. The molecule has 0 saturated heterocycles. The maximum atomic E-state index is 13.4. The zero-order chi connectivity index (χ0) is 36.1. The largest absolute Gasteiger partial charge is 0.206 e. The summed E-state index contributed by atoms with van der Waals surface area (Å²) in [6.07, 6.45) is 14.8. The van der Waals surface area contributed by atoms with Crippen molar-refractivity contribution in [1.82, 2.24) is 0 Å². The van der Waals surface area contributed by atoms with E-state index in [4.69, 9.17) is 0 Å². The first-order chi connectivity index (χ1) is 24.1. The molecule has 0 aromatic heterocycles. The third-order valence-corrected chi connectivity index (χ3v) is 10.4. The second-order valence-electron chi connectivity index (χ2n) is 11.9. The van der Waals surface area contributed by atoms with Crippen molar-refractivity contribution in [2.45, 2.75) is 89.9 Å². The van der Waals surface area contributed by atoms with Gasteiger partial charge >= 0.3 is 0 Å². The van der Waals surface area contributed by atoms with Crippen LogP contribution in [0, 0.1) is 47.0 Å². The molecule has 4 aromatic carbocycles. The summed E-state index contributed by atoms with van der Waals surface area (Å²) < 4.78 is 55.5. The van der Waals surface area contributed by atoms with Gasteiger partial charge in [-0.3, -0.25) is 0 Å². The SMILES string of the molecule is Fc1cc(C#CCCCCCC#Cc2ccc(Br)c(F)c2)ccc1Br.Fc1cc(CCCCCCCCCc2ccc(Br)c(F)c2)ccc1Br. The number of benzene rings is 4. The van der Waals surface area contributed by atoms with Gasteiger partial charge in [0, 0.05) is 24.0 Å². The minimum absolute atomic E-state index is 0.178. The molecule has 4 rings (SSSR count). The number of rotatable bonds is 14. The summed E-state index contributed by atoms with van der Waals surface area (Å²) in [6, 6.07) is 20.5. The summed E-state index contributed by atoms with van der Waals surface area (Å²) in [5, 5.41) is 0. The molecule has 50 heavy (non-hydrogen) atoms. The highest BCUT2D eigenvalue weighted by Gasteiger charge is 2.03. The Morgan fingerprint density at radius 2 is 0.700 bits per heavy atom. The van der Waals surface area contributed by atoms with Gasteiger partial charge in [0.1, 0.15) is 23.3 Å². The lowest BCUT2D eigenvalue weighted by atomic mass is 10.0. The van der Waals surface area contributed by atoms with Crippen molar-refractivity contribution in [2.75, 3.05) is 0 Å². The predicted octanol–water partition coefficient (Wildman–Crippen LogP) is 14.8. The minimum atomic E-state index is -0.295. The summed E-state index contributed by atoms with van der Waals surface area (Å²) in [7, 11) is 0. The van der Waals surface area contributed by atoms with Gasteiger partial charge in [-0.05, 0) is 174 Å². The average Bonchev–Trinajstić information content (AvgIpc) is 3.09. The third kappa shape index (κ3) is 16.8. The van der Waals surface area contributed by atoms with Crippen LogP contribution in [0.25, 0.3) is 0 Å². The van der Waals surface area contributed by atoms with Crippen molar-refractivity contribution >= 4 is 63.7 Å². The van der Waals surface area contributed by atoms with E-state index in [9.17, 15) is 17.6 Å². The number of unbranched alkanes of at least 4 members (excludes halogenated alkanes) is 10. The van der Waals surface area contributed by atoms with E-state index in [0.29, 0.717) is 29.0 Å². The fourth-order valence-electron chi connectivity index (χ4n) is 5.01. The van der Waals surface area contributed by atoms with E-state index in [-0.39, 0.29) is 23.3 Å². The van der Waals surface area contributed by atoms with Gasteiger partial charge in [-0.1, -0.05) is 74.3 Å². The van der Waals surface area contributed by atoms with Gasteiger partial charge in [0.2, 0.25) is 0 Å². The lowest BCUT2D eigenvalue weighted by molar-refractivity contribution is 0.575. The van der Waals surface area contributed by atoms with Crippen molar-refractivity contribution in [3.63, 3.8) is 0 Å². The first-order valence-electron chi connectivity index (χ1n) is 16.9. The van der Waals surface area contributed by atoms with Crippen LogP contribution < -0.4 is 0 Å². The monoisotopic (exact) mass is 936 g/mol. The number of aryl methyl sites for hydroxylation is 2. The van der Waals surface area contributed by atoms with Crippen LogP contribution in [0.5, 0.6) is 0 Å². The Kier molecular flexibility index (Phi) is 20.2. The van der Waals surface area contributed by atoms with Crippen molar-refractivity contribution in [1.29, 1.82) is 0 Å². The second-order valence-corrected chi connectivity index (χ2v) is 15.3. The highest BCUT2D eigenvalue weighted by atomic mass is 79.9. The summed E-state index contributed by atoms with van der Waals surface area (Å²) in [6.45, 7) is 0. The zero-order valence-corrected chi connectivity index (χ0v) is 34.2. The molecule has 0 amide bonds. The second kappa shape index (κ2) is 24.0. The minimum Gasteiger partial charge on any atom is -0.206 e. The van der Waals surface area contributed by atoms with Crippen LogP contribution in [0.15, 0.2) is 90.7 Å². The molecule has 0 spiro atoms. The Morgan fingerprint density at radius 1 is 0.380 bits per heavy atom. The van der Waals surface area contributed by atoms with Gasteiger partial charge in [-0.15, -0.1) is 0 Å². The first-order valence-corrected chi connectivity index (χ1v) is 20.1. The Labute approximate surface area is 328 Å². The molecule has 8 heteroatoms. The quantitative estimate of drug-likeness (QED) is 0.0671. The van der Waals surface area contributed by atoms with Crippen molar-refractivity contribution < 1.29 is 17.6 Å². The molecule has 0 saturated carbocycles.